The molecule has 0 spiro atoms. The first-order valence-corrected chi connectivity index (χ1v) is 7.77. The van der Waals surface area contributed by atoms with Crippen molar-refractivity contribution in [2.24, 2.45) is 0 Å². The van der Waals surface area contributed by atoms with Crippen LogP contribution in [0.2, 0.25) is 0 Å². The number of nitrogens with zero attached hydrogens (tertiary/aromatic N) is 2. The van der Waals surface area contributed by atoms with E-state index in [0.717, 1.165) is 43.9 Å². The monoisotopic (exact) mass is 279 g/mol. The molecule has 19 heavy (non-hydrogen) atoms. The number of thiophene rings is 1. The highest BCUT2D eigenvalue weighted by Crippen LogP contribution is 2.13. The Balaban J connectivity index is 1.89. The normalized spacial score (nSPS) is 12.7. The number of nitrogens with one attached hydrogen (secondary N) is 1. The Hall–Kier alpha value is -1.20. The molecule has 0 aliphatic heterocycles. The van der Waals surface area contributed by atoms with Gasteiger partial charge in [-0.25, -0.2) is 0 Å². The topological polar surface area (TPSA) is 51.0 Å². The Bertz CT molecular complexity index is 467. The van der Waals surface area contributed by atoms with Crippen molar-refractivity contribution in [2.75, 3.05) is 6.54 Å². The van der Waals surface area contributed by atoms with Crippen molar-refractivity contribution in [3.05, 3.63) is 34.1 Å². The van der Waals surface area contributed by atoms with E-state index in [9.17, 15) is 0 Å². The summed E-state index contributed by atoms with van der Waals surface area (Å²) in [4.78, 5) is 5.74. The molecule has 2 aromatic heterocycles. The van der Waals surface area contributed by atoms with E-state index in [1.54, 1.807) is 11.3 Å². The summed E-state index contributed by atoms with van der Waals surface area (Å²) >= 11 is 1.72. The molecule has 0 radical (unpaired) electrons. The first-order chi connectivity index (χ1) is 9.31. The van der Waals surface area contributed by atoms with Crippen LogP contribution in [0.1, 0.15) is 43.3 Å². The van der Waals surface area contributed by atoms with Gasteiger partial charge >= 0.3 is 0 Å². The van der Waals surface area contributed by atoms with Gasteiger partial charge in [-0.3, -0.25) is 0 Å². The molecule has 4 nitrogen and oxygen atoms in total. The fourth-order valence-electron chi connectivity index (χ4n) is 1.93. The van der Waals surface area contributed by atoms with Crippen molar-refractivity contribution >= 4 is 11.3 Å². The average molecular weight is 279 g/mol. The Morgan fingerprint density at radius 2 is 2.32 bits per heavy atom. The van der Waals surface area contributed by atoms with Crippen molar-refractivity contribution in [2.45, 2.75) is 45.6 Å². The van der Waals surface area contributed by atoms with Crippen LogP contribution in [-0.2, 0) is 12.8 Å². The van der Waals surface area contributed by atoms with Gasteiger partial charge in [-0.1, -0.05) is 25.1 Å². The van der Waals surface area contributed by atoms with Gasteiger partial charge in [-0.15, -0.1) is 11.3 Å². The second-order valence-corrected chi connectivity index (χ2v) is 5.66. The zero-order valence-electron chi connectivity index (χ0n) is 11.6. The Morgan fingerprint density at radius 3 is 3.00 bits per heavy atom. The first kappa shape index (κ1) is 14.2. The highest BCUT2D eigenvalue weighted by atomic mass is 32.1. The quantitative estimate of drug-likeness (QED) is 0.807. The second-order valence-electron chi connectivity index (χ2n) is 4.62. The lowest BCUT2D eigenvalue weighted by molar-refractivity contribution is 0.351. The van der Waals surface area contributed by atoms with E-state index in [4.69, 9.17) is 4.52 Å². The van der Waals surface area contributed by atoms with Crippen molar-refractivity contribution in [1.29, 1.82) is 0 Å². The molecule has 2 aromatic rings. The summed E-state index contributed by atoms with van der Waals surface area (Å²) in [5, 5.41) is 9.62. The van der Waals surface area contributed by atoms with Crippen molar-refractivity contribution in [3.63, 3.8) is 0 Å². The van der Waals surface area contributed by atoms with E-state index in [0.29, 0.717) is 6.04 Å². The van der Waals surface area contributed by atoms with Gasteiger partial charge in [0, 0.05) is 23.8 Å². The van der Waals surface area contributed by atoms with Crippen LogP contribution >= 0.6 is 11.3 Å². The number of hydrogen-bond acceptors (Lipinski definition) is 5. The molecule has 1 atom stereocenters. The van der Waals surface area contributed by atoms with E-state index >= 15 is 0 Å². The Morgan fingerprint density at radius 1 is 1.42 bits per heavy atom. The maximum atomic E-state index is 5.33. The van der Waals surface area contributed by atoms with Crippen molar-refractivity contribution in [1.82, 2.24) is 15.5 Å². The summed E-state index contributed by atoms with van der Waals surface area (Å²) in [6.45, 7) is 5.39. The SMILES string of the molecule is CCCNC(CC)Cc1nc(Cc2cccs2)no1. The van der Waals surface area contributed by atoms with Crippen LogP contribution in [0.3, 0.4) is 0 Å². The predicted octanol–water partition coefficient (Wildman–Crippen LogP) is 3.04. The van der Waals surface area contributed by atoms with Crippen LogP contribution in [-0.4, -0.2) is 22.7 Å². The zero-order valence-corrected chi connectivity index (χ0v) is 12.4. The smallest absolute Gasteiger partial charge is 0.228 e. The van der Waals surface area contributed by atoms with Crippen LogP contribution in [0.15, 0.2) is 22.0 Å². The molecule has 0 saturated heterocycles. The van der Waals surface area contributed by atoms with Crippen molar-refractivity contribution in [3.8, 4) is 0 Å². The van der Waals surface area contributed by atoms with Gasteiger partial charge in [0.15, 0.2) is 5.82 Å². The van der Waals surface area contributed by atoms with Crippen LogP contribution < -0.4 is 5.32 Å². The molecule has 104 valence electrons. The Kier molecular flexibility index (Phi) is 5.54. The second kappa shape index (κ2) is 7.40. The van der Waals surface area contributed by atoms with Gasteiger partial charge < -0.3 is 9.84 Å². The fraction of sp³-hybridized carbons (Fsp3) is 0.571. The number of hydrogen-bond donors (Lipinski definition) is 1. The summed E-state index contributed by atoms with van der Waals surface area (Å²) in [6, 6.07) is 4.57. The summed E-state index contributed by atoms with van der Waals surface area (Å²) in [5.74, 6) is 1.52. The third kappa shape index (κ3) is 4.44. The predicted molar refractivity (Wildman–Crippen MR) is 77.5 cm³/mol. The minimum atomic E-state index is 0.426. The fourth-order valence-corrected chi connectivity index (χ4v) is 2.64. The molecule has 1 N–H and O–H groups in total. The molecule has 0 aromatic carbocycles. The highest BCUT2D eigenvalue weighted by Gasteiger charge is 2.13. The van der Waals surface area contributed by atoms with E-state index in [1.807, 2.05) is 6.07 Å². The van der Waals surface area contributed by atoms with E-state index in [-0.39, 0.29) is 0 Å². The highest BCUT2D eigenvalue weighted by molar-refractivity contribution is 7.09. The molecule has 0 aliphatic carbocycles. The molecule has 0 amide bonds. The van der Waals surface area contributed by atoms with Gasteiger partial charge in [0.1, 0.15) is 0 Å². The number of aromatic nitrogens is 2. The molecule has 2 heterocycles. The molecule has 5 heteroatoms. The minimum absolute atomic E-state index is 0.426. The van der Waals surface area contributed by atoms with E-state index in [2.05, 4.69) is 40.8 Å². The molecule has 2 rings (SSSR count). The molecule has 0 fully saturated rings. The Labute approximate surface area is 118 Å². The average Bonchev–Trinajstić information content (AvgIpc) is 3.07. The summed E-state index contributed by atoms with van der Waals surface area (Å²) in [6.07, 6.45) is 3.79. The van der Waals surface area contributed by atoms with Crippen LogP contribution in [0.25, 0.3) is 0 Å². The van der Waals surface area contributed by atoms with Gasteiger partial charge in [0.2, 0.25) is 5.89 Å². The van der Waals surface area contributed by atoms with Gasteiger partial charge in [0.25, 0.3) is 0 Å². The largest absolute Gasteiger partial charge is 0.339 e. The third-order valence-electron chi connectivity index (χ3n) is 3.02. The molecule has 1 unspecified atom stereocenters. The number of rotatable bonds is 8. The molecule has 0 aliphatic rings. The summed E-state index contributed by atoms with van der Waals surface area (Å²) < 4.78 is 5.33. The standard InChI is InChI=1S/C14H21N3OS/c1-3-7-15-11(4-2)9-14-16-13(17-18-14)10-12-6-5-8-19-12/h5-6,8,11,15H,3-4,7,9-10H2,1-2H3. The summed E-state index contributed by atoms with van der Waals surface area (Å²) in [5.41, 5.74) is 0. The first-order valence-electron chi connectivity index (χ1n) is 6.89. The lowest BCUT2D eigenvalue weighted by Crippen LogP contribution is -2.31. The molecular formula is C14H21N3OS. The van der Waals surface area contributed by atoms with Crippen LogP contribution in [0, 0.1) is 0 Å². The molecule has 0 saturated carbocycles. The lowest BCUT2D eigenvalue weighted by atomic mass is 10.1. The van der Waals surface area contributed by atoms with Crippen LogP contribution in [0.5, 0.6) is 0 Å². The van der Waals surface area contributed by atoms with Gasteiger partial charge in [-0.2, -0.15) is 4.98 Å². The van der Waals surface area contributed by atoms with Crippen LogP contribution in [0.4, 0.5) is 0 Å². The zero-order chi connectivity index (χ0) is 13.5. The van der Waals surface area contributed by atoms with Crippen molar-refractivity contribution < 1.29 is 4.52 Å². The van der Waals surface area contributed by atoms with Gasteiger partial charge in [-0.05, 0) is 30.8 Å². The maximum Gasteiger partial charge on any atom is 0.228 e. The molecule has 0 bridgehead atoms. The van der Waals surface area contributed by atoms with Gasteiger partial charge in [0.05, 0.1) is 0 Å². The molecular weight excluding hydrogens is 258 g/mol. The maximum absolute atomic E-state index is 5.33. The summed E-state index contributed by atoms with van der Waals surface area (Å²) in [7, 11) is 0. The van der Waals surface area contributed by atoms with E-state index < -0.39 is 0 Å². The minimum Gasteiger partial charge on any atom is -0.339 e. The third-order valence-corrected chi connectivity index (χ3v) is 3.90. The van der Waals surface area contributed by atoms with E-state index in [1.165, 1.54) is 4.88 Å². The lowest BCUT2D eigenvalue weighted by Gasteiger charge is -2.13.